The van der Waals surface area contributed by atoms with Crippen LogP contribution in [-0.2, 0) is 20.9 Å². The molecule has 0 aliphatic rings. The van der Waals surface area contributed by atoms with Crippen LogP contribution >= 0.6 is 11.3 Å². The highest BCUT2D eigenvalue weighted by Gasteiger charge is 2.22. The topological polar surface area (TPSA) is 115 Å². The number of rotatable bonds is 10. The molecule has 1 N–H and O–H groups in total. The van der Waals surface area contributed by atoms with Crippen LogP contribution in [0, 0.1) is 0 Å². The van der Waals surface area contributed by atoms with E-state index in [1.807, 2.05) is 24.4 Å². The summed E-state index contributed by atoms with van der Waals surface area (Å²) in [5, 5.41) is 12.5. The van der Waals surface area contributed by atoms with Crippen molar-refractivity contribution in [2.45, 2.75) is 32.9 Å². The van der Waals surface area contributed by atoms with Crippen molar-refractivity contribution in [1.29, 1.82) is 0 Å². The molecule has 0 fully saturated rings. The fraction of sp³-hybridized carbons (Fsp3) is 0.318. The van der Waals surface area contributed by atoms with E-state index in [9.17, 15) is 14.4 Å². The Labute approximate surface area is 189 Å². The smallest absolute Gasteiger partial charge is 0.328 e. The van der Waals surface area contributed by atoms with Crippen LogP contribution in [0.4, 0.5) is 0 Å². The monoisotopic (exact) mass is 456 g/mol. The molecule has 0 spiro atoms. The molecule has 0 aliphatic carbocycles. The lowest BCUT2D eigenvalue weighted by atomic mass is 10.2. The van der Waals surface area contributed by atoms with Crippen molar-refractivity contribution in [2.24, 2.45) is 0 Å². The molecule has 0 radical (unpaired) electrons. The summed E-state index contributed by atoms with van der Waals surface area (Å²) in [4.78, 5) is 39.4. The van der Waals surface area contributed by atoms with Gasteiger partial charge in [-0.2, -0.15) is 0 Å². The SMILES string of the molecule is CCCN(Cc1nnc(-c2cccs2)o1)C(=O)COC(=O)[C@H](C)NC(=O)c1ccccc1. The van der Waals surface area contributed by atoms with Gasteiger partial charge in [-0.3, -0.25) is 9.59 Å². The fourth-order valence-electron chi connectivity index (χ4n) is 2.82. The Morgan fingerprint density at radius 3 is 2.62 bits per heavy atom. The van der Waals surface area contributed by atoms with E-state index < -0.39 is 30.4 Å². The molecular formula is C22H24N4O5S. The van der Waals surface area contributed by atoms with Crippen molar-refractivity contribution >= 4 is 29.1 Å². The average molecular weight is 457 g/mol. The molecule has 0 aliphatic heterocycles. The number of esters is 1. The maximum atomic E-state index is 12.6. The normalized spacial score (nSPS) is 11.6. The first-order valence-electron chi connectivity index (χ1n) is 10.1. The predicted molar refractivity (Wildman–Crippen MR) is 118 cm³/mol. The number of carbonyl (C=O) groups excluding carboxylic acids is 3. The Hall–Kier alpha value is -3.53. The van der Waals surface area contributed by atoms with Crippen molar-refractivity contribution in [1.82, 2.24) is 20.4 Å². The van der Waals surface area contributed by atoms with Crippen LogP contribution in [0.2, 0.25) is 0 Å². The lowest BCUT2D eigenvalue weighted by Crippen LogP contribution is -2.41. The second-order valence-corrected chi connectivity index (χ2v) is 7.91. The molecule has 1 aromatic carbocycles. The Bertz CT molecular complexity index is 1040. The number of amides is 2. The minimum absolute atomic E-state index is 0.114. The average Bonchev–Trinajstić information content (AvgIpc) is 3.49. The number of carbonyl (C=O) groups is 3. The summed E-state index contributed by atoms with van der Waals surface area (Å²) in [6.07, 6.45) is 0.704. The zero-order valence-electron chi connectivity index (χ0n) is 17.8. The third-order valence-electron chi connectivity index (χ3n) is 4.45. The number of thiophene rings is 1. The van der Waals surface area contributed by atoms with Gasteiger partial charge in [-0.15, -0.1) is 21.5 Å². The molecule has 9 nitrogen and oxygen atoms in total. The molecule has 1 atom stereocenters. The minimum Gasteiger partial charge on any atom is -0.454 e. The number of nitrogens with zero attached hydrogens (tertiary/aromatic N) is 3. The number of ether oxygens (including phenoxy) is 1. The molecular weight excluding hydrogens is 432 g/mol. The highest BCUT2D eigenvalue weighted by Crippen LogP contribution is 2.23. The molecule has 3 rings (SSSR count). The Morgan fingerprint density at radius 2 is 1.94 bits per heavy atom. The van der Waals surface area contributed by atoms with Crippen LogP contribution < -0.4 is 5.32 Å². The molecule has 2 amide bonds. The first kappa shape index (κ1) is 23.1. The highest BCUT2D eigenvalue weighted by molar-refractivity contribution is 7.13. The first-order valence-corrected chi connectivity index (χ1v) is 11.0. The summed E-state index contributed by atoms with van der Waals surface area (Å²) in [5.74, 6) is -0.792. The zero-order chi connectivity index (χ0) is 22.9. The number of benzene rings is 1. The van der Waals surface area contributed by atoms with Crippen molar-refractivity contribution < 1.29 is 23.5 Å². The molecule has 0 unspecified atom stereocenters. The molecule has 32 heavy (non-hydrogen) atoms. The summed E-state index contributed by atoms with van der Waals surface area (Å²) >= 11 is 1.48. The maximum absolute atomic E-state index is 12.6. The maximum Gasteiger partial charge on any atom is 0.328 e. The third kappa shape index (κ3) is 6.24. The van der Waals surface area contributed by atoms with E-state index in [1.165, 1.54) is 23.2 Å². The van der Waals surface area contributed by atoms with Crippen molar-refractivity contribution in [3.8, 4) is 10.8 Å². The predicted octanol–water partition coefficient (Wildman–Crippen LogP) is 2.90. The van der Waals surface area contributed by atoms with Gasteiger partial charge in [0.05, 0.1) is 11.4 Å². The molecule has 2 heterocycles. The van der Waals surface area contributed by atoms with Gasteiger partial charge >= 0.3 is 5.97 Å². The van der Waals surface area contributed by atoms with Crippen molar-refractivity contribution in [3.05, 3.63) is 59.3 Å². The van der Waals surface area contributed by atoms with E-state index in [4.69, 9.17) is 9.15 Å². The van der Waals surface area contributed by atoms with Crippen LogP contribution in [0.15, 0.2) is 52.3 Å². The van der Waals surface area contributed by atoms with Gasteiger partial charge in [0.2, 0.25) is 5.89 Å². The quantitative estimate of drug-likeness (QED) is 0.467. The fourth-order valence-corrected chi connectivity index (χ4v) is 3.46. The van der Waals surface area contributed by atoms with Crippen molar-refractivity contribution in [2.75, 3.05) is 13.2 Å². The zero-order valence-corrected chi connectivity index (χ0v) is 18.6. The largest absolute Gasteiger partial charge is 0.454 e. The Balaban J connectivity index is 1.51. The second kappa shape index (κ2) is 11.2. The second-order valence-electron chi connectivity index (χ2n) is 6.96. The van der Waals surface area contributed by atoms with E-state index >= 15 is 0 Å². The van der Waals surface area contributed by atoms with E-state index in [-0.39, 0.29) is 6.54 Å². The number of aromatic nitrogens is 2. The van der Waals surface area contributed by atoms with Gasteiger partial charge in [-0.05, 0) is 36.9 Å². The third-order valence-corrected chi connectivity index (χ3v) is 5.30. The van der Waals surface area contributed by atoms with Gasteiger partial charge in [-0.25, -0.2) is 4.79 Å². The van der Waals surface area contributed by atoms with E-state index in [2.05, 4.69) is 15.5 Å². The van der Waals surface area contributed by atoms with Crippen LogP contribution in [0.1, 0.15) is 36.5 Å². The van der Waals surface area contributed by atoms with Crippen LogP contribution in [-0.4, -0.2) is 52.1 Å². The van der Waals surface area contributed by atoms with Gasteiger partial charge in [0, 0.05) is 12.1 Å². The standard InChI is InChI=1S/C22H24N4O5S/c1-3-11-26(13-18-24-25-21(31-18)17-10-7-12-32-17)19(27)14-30-22(29)15(2)23-20(28)16-8-5-4-6-9-16/h4-10,12,15H,3,11,13-14H2,1-2H3,(H,23,28)/t15-/m0/s1. The summed E-state index contributed by atoms with van der Waals surface area (Å²) in [5.41, 5.74) is 0.429. The molecule has 0 bridgehead atoms. The van der Waals surface area contributed by atoms with Crippen LogP contribution in [0.25, 0.3) is 10.8 Å². The summed E-state index contributed by atoms with van der Waals surface area (Å²) in [6, 6.07) is 11.4. The highest BCUT2D eigenvalue weighted by atomic mass is 32.1. The molecule has 0 saturated heterocycles. The number of nitrogens with one attached hydrogen (secondary N) is 1. The van der Waals surface area contributed by atoms with Gasteiger partial charge in [0.25, 0.3) is 17.7 Å². The first-order chi connectivity index (χ1) is 15.5. The Morgan fingerprint density at radius 1 is 1.16 bits per heavy atom. The molecule has 3 aromatic rings. The molecule has 0 saturated carbocycles. The number of hydrogen-bond donors (Lipinski definition) is 1. The van der Waals surface area contributed by atoms with Gasteiger partial charge in [-0.1, -0.05) is 31.2 Å². The van der Waals surface area contributed by atoms with E-state index in [1.54, 1.807) is 30.3 Å². The molecule has 168 valence electrons. The van der Waals surface area contributed by atoms with E-state index in [0.717, 1.165) is 4.88 Å². The van der Waals surface area contributed by atoms with Gasteiger partial charge < -0.3 is 19.4 Å². The molecule has 2 aromatic heterocycles. The summed E-state index contributed by atoms with van der Waals surface area (Å²) < 4.78 is 10.8. The summed E-state index contributed by atoms with van der Waals surface area (Å²) in [6.45, 7) is 3.53. The van der Waals surface area contributed by atoms with Crippen LogP contribution in [0.5, 0.6) is 0 Å². The molecule has 10 heteroatoms. The lowest BCUT2D eigenvalue weighted by Gasteiger charge is -2.20. The lowest BCUT2D eigenvalue weighted by molar-refractivity contribution is -0.153. The van der Waals surface area contributed by atoms with Gasteiger partial charge in [0.1, 0.15) is 6.04 Å². The van der Waals surface area contributed by atoms with Crippen LogP contribution in [0.3, 0.4) is 0 Å². The van der Waals surface area contributed by atoms with Gasteiger partial charge in [0.15, 0.2) is 6.61 Å². The van der Waals surface area contributed by atoms with E-state index in [0.29, 0.717) is 30.3 Å². The number of hydrogen-bond acceptors (Lipinski definition) is 8. The summed E-state index contributed by atoms with van der Waals surface area (Å²) in [7, 11) is 0. The Kier molecular flexibility index (Phi) is 8.09. The minimum atomic E-state index is -0.903. The van der Waals surface area contributed by atoms with Crippen molar-refractivity contribution in [3.63, 3.8) is 0 Å².